The highest BCUT2D eigenvalue weighted by Gasteiger charge is 2.36. The summed E-state index contributed by atoms with van der Waals surface area (Å²) in [4.78, 5) is 10.8. The van der Waals surface area contributed by atoms with Gasteiger partial charge in [-0.2, -0.15) is 0 Å². The Morgan fingerprint density at radius 3 is 2.59 bits per heavy atom. The summed E-state index contributed by atoms with van der Waals surface area (Å²) in [6, 6.07) is 0.344. The normalized spacial score (nSPS) is 38.2. The molecule has 1 heterocycles. The Morgan fingerprint density at radius 2 is 2.06 bits per heavy atom. The minimum absolute atomic E-state index is 0.273. The van der Waals surface area contributed by atoms with Crippen molar-refractivity contribution < 1.29 is 19.7 Å². The molecule has 98 valence electrons. The molecule has 2 fully saturated rings. The first-order chi connectivity index (χ1) is 8.09. The molecule has 0 radical (unpaired) electrons. The number of hydrogen-bond donors (Lipinski definition) is 3. The highest BCUT2D eigenvalue weighted by Crippen LogP contribution is 2.32. The molecule has 1 aliphatic carbocycles. The number of aliphatic carboxylic acids is 1. The van der Waals surface area contributed by atoms with Crippen molar-refractivity contribution >= 4 is 5.97 Å². The van der Waals surface area contributed by atoms with E-state index in [0.717, 1.165) is 13.0 Å². The van der Waals surface area contributed by atoms with E-state index in [0.29, 0.717) is 44.9 Å². The first-order valence-corrected chi connectivity index (χ1v) is 6.35. The SMILES string of the molecule is O=C(O)C1CCC(O)(CNC2CCOC2)CC1. The number of nitrogens with one attached hydrogen (secondary N) is 1. The maximum absolute atomic E-state index is 10.8. The van der Waals surface area contributed by atoms with Crippen LogP contribution in [0.2, 0.25) is 0 Å². The standard InChI is InChI=1S/C12H21NO4/c14-11(15)9-1-4-12(16,5-2-9)8-13-10-3-6-17-7-10/h9-10,13,16H,1-8H2,(H,14,15). The summed E-state index contributed by atoms with van der Waals surface area (Å²) >= 11 is 0. The monoisotopic (exact) mass is 243 g/mol. The topological polar surface area (TPSA) is 78.8 Å². The van der Waals surface area contributed by atoms with E-state index in [2.05, 4.69) is 5.32 Å². The van der Waals surface area contributed by atoms with Crippen molar-refractivity contribution in [2.45, 2.75) is 43.7 Å². The quantitative estimate of drug-likeness (QED) is 0.665. The molecule has 1 unspecified atom stereocenters. The molecule has 0 amide bonds. The fourth-order valence-electron chi connectivity index (χ4n) is 2.61. The van der Waals surface area contributed by atoms with Crippen molar-refractivity contribution in [1.82, 2.24) is 5.32 Å². The maximum Gasteiger partial charge on any atom is 0.306 e. The number of carboxylic acid groups (broad SMARTS) is 1. The first-order valence-electron chi connectivity index (χ1n) is 6.35. The van der Waals surface area contributed by atoms with Gasteiger partial charge in [0.2, 0.25) is 0 Å². The Hall–Kier alpha value is -0.650. The molecule has 0 aromatic rings. The average molecular weight is 243 g/mol. The Bertz CT molecular complexity index is 268. The van der Waals surface area contributed by atoms with E-state index in [4.69, 9.17) is 9.84 Å². The lowest BCUT2D eigenvalue weighted by atomic mass is 9.78. The molecule has 0 aromatic heterocycles. The minimum atomic E-state index is -0.732. The second-order valence-electron chi connectivity index (χ2n) is 5.28. The number of carboxylic acids is 1. The van der Waals surface area contributed by atoms with Crippen LogP contribution >= 0.6 is 0 Å². The summed E-state index contributed by atoms with van der Waals surface area (Å²) < 4.78 is 5.26. The molecule has 1 saturated carbocycles. The minimum Gasteiger partial charge on any atom is -0.481 e. The Balaban J connectivity index is 1.74. The summed E-state index contributed by atoms with van der Waals surface area (Å²) in [5, 5.41) is 22.5. The van der Waals surface area contributed by atoms with Crippen LogP contribution in [0.3, 0.4) is 0 Å². The lowest BCUT2D eigenvalue weighted by molar-refractivity contribution is -0.144. The maximum atomic E-state index is 10.8. The van der Waals surface area contributed by atoms with Gasteiger partial charge < -0.3 is 20.3 Å². The predicted octanol–water partition coefficient (Wildman–Crippen LogP) is 0.371. The zero-order chi connectivity index (χ0) is 12.3. The van der Waals surface area contributed by atoms with E-state index in [1.807, 2.05) is 0 Å². The lowest BCUT2D eigenvalue weighted by Crippen LogP contribution is -2.47. The average Bonchev–Trinajstić information content (AvgIpc) is 2.80. The highest BCUT2D eigenvalue weighted by molar-refractivity contribution is 5.70. The molecule has 1 aliphatic heterocycles. The predicted molar refractivity (Wildman–Crippen MR) is 61.8 cm³/mol. The van der Waals surface area contributed by atoms with Crippen molar-refractivity contribution in [3.05, 3.63) is 0 Å². The van der Waals surface area contributed by atoms with Crippen LogP contribution in [0.1, 0.15) is 32.1 Å². The zero-order valence-electron chi connectivity index (χ0n) is 10.0. The van der Waals surface area contributed by atoms with Crippen LogP contribution in [0.5, 0.6) is 0 Å². The second kappa shape index (κ2) is 5.33. The number of rotatable bonds is 4. The Labute approximate surface area is 101 Å². The van der Waals surface area contributed by atoms with Crippen LogP contribution in [-0.4, -0.2) is 47.6 Å². The number of aliphatic hydroxyl groups is 1. The molecular formula is C12H21NO4. The van der Waals surface area contributed by atoms with Crippen molar-refractivity contribution in [3.8, 4) is 0 Å². The fraction of sp³-hybridized carbons (Fsp3) is 0.917. The third-order valence-corrected chi connectivity index (χ3v) is 3.92. The van der Waals surface area contributed by atoms with Gasteiger partial charge in [0, 0.05) is 19.2 Å². The lowest BCUT2D eigenvalue weighted by Gasteiger charge is -2.35. The number of carbonyl (C=O) groups is 1. The first kappa shape index (κ1) is 12.8. The Morgan fingerprint density at radius 1 is 1.35 bits per heavy atom. The molecule has 1 atom stereocenters. The van der Waals surface area contributed by atoms with Gasteiger partial charge in [-0.1, -0.05) is 0 Å². The fourth-order valence-corrected chi connectivity index (χ4v) is 2.61. The summed E-state index contributed by atoms with van der Waals surface area (Å²) in [6.45, 7) is 2.05. The van der Waals surface area contributed by atoms with Crippen molar-refractivity contribution in [2.75, 3.05) is 19.8 Å². The number of hydrogen-bond acceptors (Lipinski definition) is 4. The van der Waals surface area contributed by atoms with Crippen LogP contribution < -0.4 is 5.32 Å². The number of ether oxygens (including phenoxy) is 1. The van der Waals surface area contributed by atoms with Crippen molar-refractivity contribution in [2.24, 2.45) is 5.92 Å². The molecule has 2 aliphatic rings. The van der Waals surface area contributed by atoms with Crippen LogP contribution in [0.15, 0.2) is 0 Å². The van der Waals surface area contributed by atoms with Crippen LogP contribution in [-0.2, 0) is 9.53 Å². The zero-order valence-corrected chi connectivity index (χ0v) is 10.0. The molecule has 0 bridgehead atoms. The molecule has 2 rings (SSSR count). The van der Waals surface area contributed by atoms with Crippen LogP contribution in [0, 0.1) is 5.92 Å². The van der Waals surface area contributed by atoms with E-state index < -0.39 is 11.6 Å². The highest BCUT2D eigenvalue weighted by atomic mass is 16.5. The molecule has 17 heavy (non-hydrogen) atoms. The molecule has 5 nitrogen and oxygen atoms in total. The third-order valence-electron chi connectivity index (χ3n) is 3.92. The van der Waals surface area contributed by atoms with Gasteiger partial charge in [-0.05, 0) is 32.1 Å². The summed E-state index contributed by atoms with van der Waals surface area (Å²) in [5.74, 6) is -1.01. The molecule has 1 saturated heterocycles. The third kappa shape index (κ3) is 3.40. The summed E-state index contributed by atoms with van der Waals surface area (Å²) in [7, 11) is 0. The van der Waals surface area contributed by atoms with Gasteiger partial charge in [-0.25, -0.2) is 0 Å². The summed E-state index contributed by atoms with van der Waals surface area (Å²) in [5.41, 5.74) is -0.728. The molecular weight excluding hydrogens is 222 g/mol. The summed E-state index contributed by atoms with van der Waals surface area (Å²) in [6.07, 6.45) is 3.30. The van der Waals surface area contributed by atoms with E-state index in [-0.39, 0.29) is 5.92 Å². The van der Waals surface area contributed by atoms with Crippen LogP contribution in [0.4, 0.5) is 0 Å². The van der Waals surface area contributed by atoms with Crippen molar-refractivity contribution in [1.29, 1.82) is 0 Å². The van der Waals surface area contributed by atoms with Gasteiger partial charge in [0.1, 0.15) is 0 Å². The van der Waals surface area contributed by atoms with Crippen molar-refractivity contribution in [3.63, 3.8) is 0 Å². The molecule has 3 N–H and O–H groups in total. The second-order valence-corrected chi connectivity index (χ2v) is 5.28. The van der Waals surface area contributed by atoms with E-state index in [1.165, 1.54) is 0 Å². The van der Waals surface area contributed by atoms with Gasteiger partial charge in [-0.3, -0.25) is 4.79 Å². The molecule has 0 spiro atoms. The smallest absolute Gasteiger partial charge is 0.306 e. The van der Waals surface area contributed by atoms with Gasteiger partial charge in [0.05, 0.1) is 18.1 Å². The van der Waals surface area contributed by atoms with E-state index in [1.54, 1.807) is 0 Å². The van der Waals surface area contributed by atoms with Gasteiger partial charge in [0.15, 0.2) is 0 Å². The molecule has 0 aromatic carbocycles. The van der Waals surface area contributed by atoms with E-state index in [9.17, 15) is 9.90 Å². The van der Waals surface area contributed by atoms with Gasteiger partial charge in [0.25, 0.3) is 0 Å². The van der Waals surface area contributed by atoms with Gasteiger partial charge in [-0.15, -0.1) is 0 Å². The van der Waals surface area contributed by atoms with Crippen LogP contribution in [0.25, 0.3) is 0 Å². The van der Waals surface area contributed by atoms with E-state index >= 15 is 0 Å². The largest absolute Gasteiger partial charge is 0.481 e. The molecule has 5 heteroatoms. The Kier molecular flexibility index (Phi) is 4.01. The van der Waals surface area contributed by atoms with Gasteiger partial charge >= 0.3 is 5.97 Å².